The lowest BCUT2D eigenvalue weighted by Gasteiger charge is -2.16. The van der Waals surface area contributed by atoms with Gasteiger partial charge in [0.1, 0.15) is 17.6 Å². The van der Waals surface area contributed by atoms with E-state index in [0.717, 1.165) is 12.6 Å². The molecule has 1 heterocycles. The normalized spacial score (nSPS) is 18.5. The second-order valence-corrected chi connectivity index (χ2v) is 6.42. The third kappa shape index (κ3) is 4.49. The molecule has 3 rings (SSSR count). The minimum absolute atomic E-state index is 0.0812. The van der Waals surface area contributed by atoms with Crippen molar-refractivity contribution in [3.8, 4) is 0 Å². The number of rotatable bonds is 8. The second-order valence-electron chi connectivity index (χ2n) is 6.42. The minimum atomic E-state index is -4.66. The molecule has 1 aliphatic carbocycles. The maximum atomic E-state index is 13.2. The molecule has 150 valence electrons. The van der Waals surface area contributed by atoms with Crippen molar-refractivity contribution in [2.24, 2.45) is 0 Å². The van der Waals surface area contributed by atoms with Crippen molar-refractivity contribution >= 4 is 29.4 Å². The molecule has 0 spiro atoms. The zero-order valence-electron chi connectivity index (χ0n) is 15.1. The van der Waals surface area contributed by atoms with Gasteiger partial charge in [-0.3, -0.25) is 0 Å². The van der Waals surface area contributed by atoms with Crippen LogP contribution in [0.25, 0.3) is 0 Å². The summed E-state index contributed by atoms with van der Waals surface area (Å²) >= 11 is 0. The Balaban J connectivity index is 1.90. The van der Waals surface area contributed by atoms with Crippen molar-refractivity contribution < 1.29 is 17.6 Å². The van der Waals surface area contributed by atoms with Crippen LogP contribution in [0.2, 0.25) is 0 Å². The van der Waals surface area contributed by atoms with Gasteiger partial charge in [0.05, 0.1) is 11.7 Å². The number of hydrogen-bond acceptors (Lipinski definition) is 6. The zero-order chi connectivity index (χ0) is 20.3. The van der Waals surface area contributed by atoms with E-state index in [0.29, 0.717) is 29.7 Å². The van der Waals surface area contributed by atoms with Crippen LogP contribution in [0.4, 0.5) is 40.7 Å². The van der Waals surface area contributed by atoms with Gasteiger partial charge in [0.25, 0.3) is 0 Å². The number of alkyl halides is 4. The van der Waals surface area contributed by atoms with Gasteiger partial charge in [0.2, 0.25) is 5.95 Å². The summed E-state index contributed by atoms with van der Waals surface area (Å²) in [6.07, 6.45) is -3.00. The molecular formula is C18H20F4N6. The fourth-order valence-corrected chi connectivity index (χ4v) is 2.61. The Morgan fingerprint density at radius 1 is 1.29 bits per heavy atom. The quantitative estimate of drug-likeness (QED) is 0.388. The van der Waals surface area contributed by atoms with Crippen LogP contribution in [0.1, 0.15) is 30.9 Å². The molecule has 0 amide bonds. The lowest BCUT2D eigenvalue weighted by molar-refractivity contribution is -0.137. The van der Waals surface area contributed by atoms with Crippen LogP contribution >= 0.6 is 0 Å². The van der Waals surface area contributed by atoms with E-state index >= 15 is 0 Å². The van der Waals surface area contributed by atoms with Gasteiger partial charge in [0, 0.05) is 36.6 Å². The fourth-order valence-electron chi connectivity index (χ4n) is 2.61. The van der Waals surface area contributed by atoms with Crippen LogP contribution in [0.3, 0.4) is 0 Å². The summed E-state index contributed by atoms with van der Waals surface area (Å²) in [5.74, 6) is -0.547. The molecule has 1 aromatic heterocycles. The third-order valence-electron chi connectivity index (χ3n) is 4.19. The van der Waals surface area contributed by atoms with Crippen LogP contribution in [0.5, 0.6) is 0 Å². The summed E-state index contributed by atoms with van der Waals surface area (Å²) in [6, 6.07) is 4.54. The van der Waals surface area contributed by atoms with Crippen LogP contribution in [-0.4, -0.2) is 34.9 Å². The average Bonchev–Trinajstić information content (AvgIpc) is 3.33. The first kappa shape index (κ1) is 19.8. The smallest absolute Gasteiger partial charge is 0.384 e. The van der Waals surface area contributed by atoms with Gasteiger partial charge in [0.15, 0.2) is 0 Å². The topological polar surface area (TPSA) is 85.7 Å². The largest absolute Gasteiger partial charge is 0.421 e. The summed E-state index contributed by atoms with van der Waals surface area (Å²) in [7, 11) is 0. The Labute approximate surface area is 159 Å². The van der Waals surface area contributed by atoms with Crippen LogP contribution < -0.4 is 16.0 Å². The highest BCUT2D eigenvalue weighted by Gasteiger charge is 2.41. The monoisotopic (exact) mass is 396 g/mol. The van der Waals surface area contributed by atoms with E-state index in [-0.39, 0.29) is 12.4 Å². The van der Waals surface area contributed by atoms with Gasteiger partial charge in [-0.1, -0.05) is 13.0 Å². The van der Waals surface area contributed by atoms with Crippen LogP contribution in [-0.2, 0) is 6.18 Å². The number of hydrogen-bond donors (Lipinski definition) is 4. The molecule has 6 nitrogen and oxygen atoms in total. The molecule has 10 heteroatoms. The van der Waals surface area contributed by atoms with Crippen molar-refractivity contribution in [1.82, 2.24) is 9.97 Å². The van der Waals surface area contributed by atoms with Gasteiger partial charge < -0.3 is 21.4 Å². The van der Waals surface area contributed by atoms with E-state index in [4.69, 9.17) is 5.41 Å². The third-order valence-corrected chi connectivity index (χ3v) is 4.19. The zero-order valence-corrected chi connectivity index (χ0v) is 15.1. The molecule has 4 N–H and O–H groups in total. The van der Waals surface area contributed by atoms with Gasteiger partial charge in [-0.25, -0.2) is 9.37 Å². The molecule has 0 unspecified atom stereocenters. The van der Waals surface area contributed by atoms with Crippen molar-refractivity contribution in [2.75, 3.05) is 22.5 Å². The van der Waals surface area contributed by atoms with E-state index in [1.807, 2.05) is 6.92 Å². The highest BCUT2D eigenvalue weighted by Crippen LogP contribution is 2.37. The number of benzene rings is 1. The van der Waals surface area contributed by atoms with Gasteiger partial charge in [-0.05, 0) is 18.6 Å². The molecule has 2 aromatic rings. The summed E-state index contributed by atoms with van der Waals surface area (Å²) in [5, 5.41) is 16.2. The predicted octanol–water partition coefficient (Wildman–Crippen LogP) is 4.58. The van der Waals surface area contributed by atoms with E-state index in [1.54, 1.807) is 18.2 Å². The summed E-state index contributed by atoms with van der Waals surface area (Å²) < 4.78 is 52.7. The number of nitrogens with zero attached hydrogens (tertiary/aromatic N) is 2. The first-order valence-corrected chi connectivity index (χ1v) is 8.82. The minimum Gasteiger partial charge on any atom is -0.384 e. The van der Waals surface area contributed by atoms with Crippen molar-refractivity contribution in [1.29, 1.82) is 5.41 Å². The Morgan fingerprint density at radius 3 is 2.61 bits per heavy atom. The number of anilines is 4. The molecule has 1 saturated carbocycles. The summed E-state index contributed by atoms with van der Waals surface area (Å²) in [6.45, 7) is 2.71. The molecule has 0 saturated heterocycles. The van der Waals surface area contributed by atoms with Crippen molar-refractivity contribution in [3.05, 3.63) is 35.5 Å². The van der Waals surface area contributed by atoms with Crippen molar-refractivity contribution in [2.45, 2.75) is 38.2 Å². The first-order valence-electron chi connectivity index (χ1n) is 8.82. The van der Waals surface area contributed by atoms with Crippen LogP contribution in [0.15, 0.2) is 24.4 Å². The van der Waals surface area contributed by atoms with Gasteiger partial charge in [-0.15, -0.1) is 0 Å². The maximum Gasteiger partial charge on any atom is 0.421 e. The lowest BCUT2D eigenvalue weighted by atomic mass is 10.1. The highest BCUT2D eigenvalue weighted by atomic mass is 19.4. The van der Waals surface area contributed by atoms with Gasteiger partial charge in [-0.2, -0.15) is 18.2 Å². The number of halogens is 4. The summed E-state index contributed by atoms with van der Waals surface area (Å²) in [5.41, 5.74) is 0.657. The Morgan fingerprint density at radius 2 is 2.00 bits per heavy atom. The molecule has 28 heavy (non-hydrogen) atoms. The maximum absolute atomic E-state index is 13.2. The Kier molecular flexibility index (Phi) is 5.66. The van der Waals surface area contributed by atoms with Crippen molar-refractivity contribution in [3.63, 3.8) is 0 Å². The first-order chi connectivity index (χ1) is 13.3. The molecule has 0 bridgehead atoms. The van der Waals surface area contributed by atoms with Gasteiger partial charge >= 0.3 is 6.18 Å². The van der Waals surface area contributed by atoms with E-state index in [9.17, 15) is 17.6 Å². The van der Waals surface area contributed by atoms with E-state index in [1.165, 1.54) is 0 Å². The van der Waals surface area contributed by atoms with E-state index < -0.39 is 29.8 Å². The SMILES string of the molecule is CCCNc1cccc(Nc2ncc(C(F)(F)F)c(N[C@H]3C[C@H]3F)n2)c1C=N. The second kappa shape index (κ2) is 7.99. The molecule has 1 aromatic carbocycles. The summed E-state index contributed by atoms with van der Waals surface area (Å²) in [4.78, 5) is 7.64. The predicted molar refractivity (Wildman–Crippen MR) is 100 cm³/mol. The molecule has 2 atom stereocenters. The standard InChI is InChI=1S/C18H20F4N6/c1-2-6-24-13-4-3-5-14(10(13)8-23)27-17-25-9-11(18(20,21)22)16(28-17)26-15-7-12(15)19/h3-5,8-9,12,15,23-24H,2,6-7H2,1H3,(H2,25,26,27,28)/t12-,15+/m1/s1. The molecule has 0 aliphatic heterocycles. The van der Waals surface area contributed by atoms with E-state index in [2.05, 4.69) is 25.9 Å². The molecule has 0 radical (unpaired) electrons. The lowest BCUT2D eigenvalue weighted by Crippen LogP contribution is -2.16. The number of nitrogens with one attached hydrogen (secondary N) is 4. The number of aromatic nitrogens is 2. The molecule has 1 fully saturated rings. The molecule has 1 aliphatic rings. The highest BCUT2D eigenvalue weighted by molar-refractivity contribution is 5.94. The average molecular weight is 396 g/mol. The van der Waals surface area contributed by atoms with Crippen LogP contribution in [0, 0.1) is 5.41 Å². The fraction of sp³-hybridized carbons (Fsp3) is 0.389. The Hall–Kier alpha value is -2.91. The molecular weight excluding hydrogens is 376 g/mol. The Bertz CT molecular complexity index is 854.